The molecule has 80 valence electrons. The van der Waals surface area contributed by atoms with Crippen molar-refractivity contribution in [1.29, 1.82) is 0 Å². The van der Waals surface area contributed by atoms with Crippen LogP contribution in [0.15, 0.2) is 40.6 Å². The zero-order valence-electron chi connectivity index (χ0n) is 8.84. The molecule has 0 heterocycles. The van der Waals surface area contributed by atoms with Crippen molar-refractivity contribution in [2.75, 3.05) is 0 Å². The molecule has 0 amide bonds. The summed E-state index contributed by atoms with van der Waals surface area (Å²) in [4.78, 5) is 5.10. The summed E-state index contributed by atoms with van der Waals surface area (Å²) in [6, 6.07) is 9.74. The largest absolute Gasteiger partial charge is 0.411 e. The molecule has 0 atom stereocenters. The second kappa shape index (κ2) is 5.80. The molecule has 1 N–H and O–H groups in total. The van der Waals surface area contributed by atoms with Crippen molar-refractivity contribution in [2.45, 2.75) is 20.5 Å². The lowest BCUT2D eigenvalue weighted by molar-refractivity contribution is 0.131. The molecule has 15 heavy (non-hydrogen) atoms. The van der Waals surface area contributed by atoms with E-state index in [-0.39, 0.29) is 0 Å². The van der Waals surface area contributed by atoms with E-state index in [1.54, 1.807) is 13.8 Å². The highest BCUT2D eigenvalue weighted by atomic mass is 16.6. The van der Waals surface area contributed by atoms with Gasteiger partial charge in [0, 0.05) is 0 Å². The number of nitrogens with zero attached hydrogens (tertiary/aromatic N) is 2. The first-order valence-electron chi connectivity index (χ1n) is 4.63. The average Bonchev–Trinajstić information content (AvgIpc) is 2.29. The molecule has 0 fully saturated rings. The highest BCUT2D eigenvalue weighted by Gasteiger charge is 1.97. The minimum atomic E-state index is 0.414. The van der Waals surface area contributed by atoms with Gasteiger partial charge >= 0.3 is 0 Å². The van der Waals surface area contributed by atoms with Crippen LogP contribution in [-0.2, 0) is 11.4 Å². The summed E-state index contributed by atoms with van der Waals surface area (Å²) in [5.74, 6) is 0. The Morgan fingerprint density at radius 2 is 1.87 bits per heavy atom. The molecule has 0 bridgehead atoms. The predicted molar refractivity (Wildman–Crippen MR) is 59.2 cm³/mol. The van der Waals surface area contributed by atoms with Crippen LogP contribution in [0.5, 0.6) is 0 Å². The van der Waals surface area contributed by atoms with Gasteiger partial charge in [0.1, 0.15) is 18.0 Å². The molecule has 0 radical (unpaired) electrons. The Labute approximate surface area is 88.9 Å². The van der Waals surface area contributed by atoms with Gasteiger partial charge < -0.3 is 10.0 Å². The van der Waals surface area contributed by atoms with Gasteiger partial charge in [-0.2, -0.15) is 0 Å². The molecule has 0 aliphatic carbocycles. The summed E-state index contributed by atoms with van der Waals surface area (Å²) in [7, 11) is 0. The second-order valence-corrected chi connectivity index (χ2v) is 3.12. The lowest BCUT2D eigenvalue weighted by Gasteiger charge is -2.00. The summed E-state index contributed by atoms with van der Waals surface area (Å²) in [5, 5.41) is 15.3. The van der Waals surface area contributed by atoms with Gasteiger partial charge in [-0.05, 0) is 19.4 Å². The van der Waals surface area contributed by atoms with Gasteiger partial charge in [-0.3, -0.25) is 0 Å². The molecule has 0 unspecified atom stereocenters. The quantitative estimate of drug-likeness (QED) is 0.467. The van der Waals surface area contributed by atoms with Crippen LogP contribution in [0.3, 0.4) is 0 Å². The Bertz CT molecular complexity index is 358. The molecular formula is C11H14N2O2. The molecule has 1 rings (SSSR count). The fourth-order valence-corrected chi connectivity index (χ4v) is 0.916. The van der Waals surface area contributed by atoms with Gasteiger partial charge in [0.15, 0.2) is 0 Å². The summed E-state index contributed by atoms with van der Waals surface area (Å²) < 4.78 is 0. The Kier molecular flexibility index (Phi) is 4.34. The highest BCUT2D eigenvalue weighted by molar-refractivity contribution is 6.40. The van der Waals surface area contributed by atoms with Crippen LogP contribution in [0, 0.1) is 0 Å². The molecule has 0 saturated carbocycles. The van der Waals surface area contributed by atoms with Crippen molar-refractivity contribution in [3.63, 3.8) is 0 Å². The monoisotopic (exact) mass is 206 g/mol. The maximum absolute atomic E-state index is 8.47. The Hall–Kier alpha value is -1.84. The molecular weight excluding hydrogens is 192 g/mol. The zero-order valence-corrected chi connectivity index (χ0v) is 8.84. The molecule has 4 heteroatoms. The Morgan fingerprint density at radius 3 is 2.47 bits per heavy atom. The standard InChI is InChI=1S/C11H14N2O2/c1-9(12-14)10(2)13-15-8-11-6-4-3-5-7-11/h3-7,14H,8H2,1-2H3/b12-9-,13-10+. The van der Waals surface area contributed by atoms with E-state index in [9.17, 15) is 0 Å². The van der Waals surface area contributed by atoms with E-state index < -0.39 is 0 Å². The van der Waals surface area contributed by atoms with Crippen LogP contribution < -0.4 is 0 Å². The summed E-state index contributed by atoms with van der Waals surface area (Å²) in [6.45, 7) is 3.79. The third-order valence-corrected chi connectivity index (χ3v) is 1.95. The van der Waals surface area contributed by atoms with Gasteiger partial charge in [0.2, 0.25) is 0 Å². The molecule has 0 aromatic heterocycles. The molecule has 4 nitrogen and oxygen atoms in total. The highest BCUT2D eigenvalue weighted by Crippen LogP contribution is 2.00. The van der Waals surface area contributed by atoms with Crippen LogP contribution >= 0.6 is 0 Å². The number of benzene rings is 1. The van der Waals surface area contributed by atoms with Crippen LogP contribution in [0.4, 0.5) is 0 Å². The van der Waals surface area contributed by atoms with Gasteiger partial charge in [-0.15, -0.1) is 0 Å². The van der Waals surface area contributed by atoms with Crippen molar-refractivity contribution in [2.24, 2.45) is 10.3 Å². The summed E-state index contributed by atoms with van der Waals surface area (Å²) >= 11 is 0. The minimum absolute atomic E-state index is 0.414. The molecule has 0 saturated heterocycles. The third-order valence-electron chi connectivity index (χ3n) is 1.95. The van der Waals surface area contributed by atoms with E-state index in [2.05, 4.69) is 10.3 Å². The topological polar surface area (TPSA) is 54.2 Å². The van der Waals surface area contributed by atoms with E-state index in [1.165, 1.54) is 0 Å². The van der Waals surface area contributed by atoms with Crippen molar-refractivity contribution in [1.82, 2.24) is 0 Å². The van der Waals surface area contributed by atoms with E-state index in [0.29, 0.717) is 18.0 Å². The first-order valence-corrected chi connectivity index (χ1v) is 4.63. The van der Waals surface area contributed by atoms with Crippen LogP contribution in [0.2, 0.25) is 0 Å². The SMILES string of the molecule is CC(=N/O)/C(C)=N/OCc1ccccc1. The molecule has 1 aromatic carbocycles. The Morgan fingerprint density at radius 1 is 1.20 bits per heavy atom. The van der Waals surface area contributed by atoms with Crippen molar-refractivity contribution in [3.05, 3.63) is 35.9 Å². The van der Waals surface area contributed by atoms with E-state index in [1.807, 2.05) is 30.3 Å². The third kappa shape index (κ3) is 3.81. The Balaban J connectivity index is 2.46. The lowest BCUT2D eigenvalue weighted by atomic mass is 10.2. The zero-order chi connectivity index (χ0) is 11.1. The molecule has 1 aromatic rings. The normalized spacial score (nSPS) is 12.7. The van der Waals surface area contributed by atoms with Gasteiger partial charge in [-0.25, -0.2) is 0 Å². The summed E-state index contributed by atoms with van der Waals surface area (Å²) in [5.41, 5.74) is 2.06. The minimum Gasteiger partial charge on any atom is -0.411 e. The lowest BCUT2D eigenvalue weighted by Crippen LogP contribution is -2.06. The maximum Gasteiger partial charge on any atom is 0.142 e. The summed E-state index contributed by atoms with van der Waals surface area (Å²) in [6.07, 6.45) is 0. The first kappa shape index (κ1) is 11.2. The number of hydrogen-bond donors (Lipinski definition) is 1. The van der Waals surface area contributed by atoms with E-state index >= 15 is 0 Å². The van der Waals surface area contributed by atoms with Gasteiger partial charge in [0.25, 0.3) is 0 Å². The molecule has 0 spiro atoms. The predicted octanol–water partition coefficient (Wildman–Crippen LogP) is 2.43. The molecule has 0 aliphatic heterocycles. The van der Waals surface area contributed by atoms with Crippen molar-refractivity contribution < 1.29 is 10.0 Å². The van der Waals surface area contributed by atoms with Crippen molar-refractivity contribution >= 4 is 11.4 Å². The maximum atomic E-state index is 8.47. The van der Waals surface area contributed by atoms with Crippen LogP contribution in [0.25, 0.3) is 0 Å². The number of hydrogen-bond acceptors (Lipinski definition) is 4. The smallest absolute Gasteiger partial charge is 0.142 e. The number of rotatable bonds is 4. The van der Waals surface area contributed by atoms with E-state index in [0.717, 1.165) is 5.56 Å². The van der Waals surface area contributed by atoms with Crippen LogP contribution in [0.1, 0.15) is 19.4 Å². The van der Waals surface area contributed by atoms with Crippen molar-refractivity contribution in [3.8, 4) is 0 Å². The second-order valence-electron chi connectivity index (χ2n) is 3.12. The first-order chi connectivity index (χ1) is 7.24. The average molecular weight is 206 g/mol. The van der Waals surface area contributed by atoms with Gasteiger partial charge in [-0.1, -0.05) is 40.6 Å². The number of oxime groups is 2. The fourth-order valence-electron chi connectivity index (χ4n) is 0.916. The van der Waals surface area contributed by atoms with Crippen LogP contribution in [-0.4, -0.2) is 16.6 Å². The van der Waals surface area contributed by atoms with Gasteiger partial charge in [0.05, 0.1) is 0 Å². The molecule has 0 aliphatic rings. The van der Waals surface area contributed by atoms with E-state index in [4.69, 9.17) is 10.0 Å². The fraction of sp³-hybridized carbons (Fsp3) is 0.273.